The Morgan fingerprint density at radius 2 is 2.23 bits per heavy atom. The van der Waals surface area contributed by atoms with Crippen molar-refractivity contribution in [3.63, 3.8) is 0 Å². The van der Waals surface area contributed by atoms with Crippen molar-refractivity contribution in [1.29, 1.82) is 0 Å². The summed E-state index contributed by atoms with van der Waals surface area (Å²) in [6.07, 6.45) is 1.97. The van der Waals surface area contributed by atoms with Crippen molar-refractivity contribution in [2.45, 2.75) is 25.8 Å². The zero-order valence-corrected chi connectivity index (χ0v) is 12.6. The van der Waals surface area contributed by atoms with Gasteiger partial charge in [0.1, 0.15) is 0 Å². The molecule has 2 aromatic rings. The van der Waals surface area contributed by atoms with Gasteiger partial charge >= 0.3 is 0 Å². The van der Waals surface area contributed by atoms with Gasteiger partial charge in [-0.05, 0) is 30.9 Å². The highest BCUT2D eigenvalue weighted by Gasteiger charge is 2.33. The van der Waals surface area contributed by atoms with Gasteiger partial charge in [-0.15, -0.1) is 0 Å². The predicted molar refractivity (Wildman–Crippen MR) is 84.6 cm³/mol. The van der Waals surface area contributed by atoms with Gasteiger partial charge < -0.3 is 10.6 Å². The number of rotatable bonds is 2. The smallest absolute Gasteiger partial charge is 0.278 e. The Kier molecular flexibility index (Phi) is 3.94. The minimum atomic E-state index is -0.326. The second kappa shape index (κ2) is 5.88. The number of nitrogens with two attached hydrogens (primary N) is 1. The van der Waals surface area contributed by atoms with Crippen molar-refractivity contribution in [3.8, 4) is 0 Å². The van der Waals surface area contributed by atoms with Crippen LogP contribution < -0.4 is 11.2 Å². The molecule has 1 aliphatic rings. The lowest BCUT2D eigenvalue weighted by molar-refractivity contribution is 0.0524. The molecule has 1 amide bonds. The summed E-state index contributed by atoms with van der Waals surface area (Å²) in [6, 6.07) is 7.03. The molecule has 2 heterocycles. The van der Waals surface area contributed by atoms with Crippen LogP contribution in [0.15, 0.2) is 29.1 Å². The van der Waals surface area contributed by atoms with Crippen molar-refractivity contribution < 1.29 is 4.79 Å². The van der Waals surface area contributed by atoms with Crippen LogP contribution in [-0.4, -0.2) is 40.1 Å². The molecule has 1 aromatic carbocycles. The summed E-state index contributed by atoms with van der Waals surface area (Å²) in [4.78, 5) is 27.0. The number of nitrogens with one attached hydrogen (secondary N) is 1. The fraction of sp³-hybridized carbons (Fsp3) is 0.438. The van der Waals surface area contributed by atoms with Gasteiger partial charge in [0.15, 0.2) is 5.69 Å². The number of hydrogen-bond donors (Lipinski definition) is 2. The zero-order valence-electron chi connectivity index (χ0n) is 12.6. The lowest BCUT2D eigenvalue weighted by Gasteiger charge is -2.39. The second-order valence-corrected chi connectivity index (χ2v) is 5.87. The third kappa shape index (κ3) is 2.39. The van der Waals surface area contributed by atoms with E-state index >= 15 is 0 Å². The van der Waals surface area contributed by atoms with Gasteiger partial charge in [0.25, 0.3) is 5.91 Å². The molecule has 1 aromatic heterocycles. The topological polar surface area (TPSA) is 92.1 Å². The Morgan fingerprint density at radius 3 is 3.00 bits per heavy atom. The summed E-state index contributed by atoms with van der Waals surface area (Å²) in [6.45, 7) is 3.12. The molecule has 3 N–H and O–H groups in total. The molecule has 6 nitrogen and oxygen atoms in total. The molecular weight excluding hydrogens is 280 g/mol. The molecule has 0 saturated carbocycles. The number of amides is 1. The molecule has 0 radical (unpaired) electrons. The van der Waals surface area contributed by atoms with E-state index in [1.54, 1.807) is 23.1 Å². The van der Waals surface area contributed by atoms with Crippen LogP contribution in [0.25, 0.3) is 10.9 Å². The first kappa shape index (κ1) is 14.7. The summed E-state index contributed by atoms with van der Waals surface area (Å²) in [5.74, 6) is 0.0104. The first-order valence-electron chi connectivity index (χ1n) is 7.62. The van der Waals surface area contributed by atoms with Crippen LogP contribution in [0.3, 0.4) is 0 Å². The number of H-pyrrole nitrogens is 1. The number of para-hydroxylation sites is 1. The van der Waals surface area contributed by atoms with Crippen molar-refractivity contribution in [1.82, 2.24) is 15.1 Å². The third-order valence-corrected chi connectivity index (χ3v) is 4.50. The number of carbonyl (C=O) groups is 1. The van der Waals surface area contributed by atoms with Gasteiger partial charge in [0.05, 0.1) is 5.52 Å². The number of likely N-dealkylation sites (tertiary alicyclic amines) is 1. The molecular formula is C16H20N4O2. The predicted octanol–water partition coefficient (Wildman–Crippen LogP) is 1.12. The number of aromatic amines is 1. The molecule has 3 rings (SSSR count). The van der Waals surface area contributed by atoms with Crippen LogP contribution in [0.2, 0.25) is 0 Å². The fourth-order valence-corrected chi connectivity index (χ4v) is 3.21. The molecule has 0 aliphatic carbocycles. The van der Waals surface area contributed by atoms with E-state index in [1.165, 1.54) is 0 Å². The molecule has 22 heavy (non-hydrogen) atoms. The molecule has 0 spiro atoms. The van der Waals surface area contributed by atoms with E-state index in [4.69, 9.17) is 5.73 Å². The van der Waals surface area contributed by atoms with Crippen molar-refractivity contribution in [2.24, 2.45) is 11.7 Å². The standard InChI is InChI=1S/C16H20N4O2/c1-10-5-4-8-20(13(10)9-17)16(22)14-15(21)11-6-2-3-7-12(11)18-19-14/h2-3,6-7,10,13H,4-5,8-9,17H2,1H3,(H,18,21)/t10-,13-/m0/s1. The van der Waals surface area contributed by atoms with E-state index in [9.17, 15) is 9.59 Å². The van der Waals surface area contributed by atoms with Crippen molar-refractivity contribution in [3.05, 3.63) is 40.2 Å². The summed E-state index contributed by atoms with van der Waals surface area (Å²) >= 11 is 0. The lowest BCUT2D eigenvalue weighted by Crippen LogP contribution is -2.52. The Bertz CT molecular complexity index is 755. The van der Waals surface area contributed by atoms with Crippen LogP contribution in [0, 0.1) is 5.92 Å². The number of nitrogens with zero attached hydrogens (tertiary/aromatic N) is 2. The van der Waals surface area contributed by atoms with E-state index in [1.807, 2.05) is 6.07 Å². The maximum Gasteiger partial charge on any atom is 0.278 e. The van der Waals surface area contributed by atoms with Crippen LogP contribution in [0.1, 0.15) is 30.3 Å². The molecule has 0 bridgehead atoms. The second-order valence-electron chi connectivity index (χ2n) is 5.87. The summed E-state index contributed by atoms with van der Waals surface area (Å²) in [7, 11) is 0. The fourth-order valence-electron chi connectivity index (χ4n) is 3.21. The zero-order chi connectivity index (χ0) is 15.7. The van der Waals surface area contributed by atoms with Gasteiger partial charge in [-0.3, -0.25) is 14.7 Å². The molecule has 116 valence electrons. The largest absolute Gasteiger partial charge is 0.333 e. The highest BCUT2D eigenvalue weighted by atomic mass is 16.2. The van der Waals surface area contributed by atoms with Crippen LogP contribution in [0.5, 0.6) is 0 Å². The van der Waals surface area contributed by atoms with Gasteiger partial charge in [0.2, 0.25) is 5.43 Å². The van der Waals surface area contributed by atoms with Crippen LogP contribution in [0.4, 0.5) is 0 Å². The first-order valence-corrected chi connectivity index (χ1v) is 7.62. The monoisotopic (exact) mass is 300 g/mol. The van der Waals surface area contributed by atoms with Gasteiger partial charge in [0, 0.05) is 24.5 Å². The summed E-state index contributed by atoms with van der Waals surface area (Å²) < 4.78 is 0. The van der Waals surface area contributed by atoms with E-state index in [0.29, 0.717) is 29.9 Å². The average Bonchev–Trinajstić information content (AvgIpc) is 2.54. The van der Waals surface area contributed by atoms with Gasteiger partial charge in [-0.1, -0.05) is 19.1 Å². The maximum absolute atomic E-state index is 12.8. The molecule has 6 heteroatoms. The van der Waals surface area contributed by atoms with E-state index in [2.05, 4.69) is 17.1 Å². The quantitative estimate of drug-likeness (QED) is 0.869. The molecule has 0 unspecified atom stereocenters. The Hall–Kier alpha value is -2.21. The van der Waals surface area contributed by atoms with Gasteiger partial charge in [-0.2, -0.15) is 5.10 Å². The molecule has 1 saturated heterocycles. The number of fused-ring (bicyclic) bond motifs is 1. The molecule has 1 fully saturated rings. The van der Waals surface area contributed by atoms with E-state index in [0.717, 1.165) is 12.8 Å². The van der Waals surface area contributed by atoms with E-state index in [-0.39, 0.29) is 23.1 Å². The summed E-state index contributed by atoms with van der Waals surface area (Å²) in [5, 5.41) is 7.28. The van der Waals surface area contributed by atoms with Crippen LogP contribution in [-0.2, 0) is 0 Å². The molecule has 2 atom stereocenters. The Morgan fingerprint density at radius 1 is 1.45 bits per heavy atom. The van der Waals surface area contributed by atoms with Crippen molar-refractivity contribution >= 4 is 16.8 Å². The van der Waals surface area contributed by atoms with E-state index < -0.39 is 0 Å². The highest BCUT2D eigenvalue weighted by molar-refractivity contribution is 5.95. The third-order valence-electron chi connectivity index (χ3n) is 4.50. The average molecular weight is 300 g/mol. The first-order chi connectivity index (χ1) is 10.6. The SMILES string of the molecule is C[C@H]1CCCN(C(=O)c2n[nH]c3ccccc3c2=O)[C@H]1CN. The molecule has 1 aliphatic heterocycles. The van der Waals surface area contributed by atoms with Gasteiger partial charge in [-0.25, -0.2) is 0 Å². The number of piperidine rings is 1. The Balaban J connectivity index is 2.01. The number of benzene rings is 1. The number of aromatic nitrogens is 2. The number of carbonyl (C=O) groups excluding carboxylic acids is 1. The maximum atomic E-state index is 12.8. The number of hydrogen-bond acceptors (Lipinski definition) is 4. The minimum Gasteiger partial charge on any atom is -0.333 e. The highest BCUT2D eigenvalue weighted by Crippen LogP contribution is 2.23. The van der Waals surface area contributed by atoms with Crippen molar-refractivity contribution in [2.75, 3.05) is 13.1 Å². The van der Waals surface area contributed by atoms with Crippen LogP contribution >= 0.6 is 0 Å². The lowest BCUT2D eigenvalue weighted by atomic mass is 9.90. The minimum absolute atomic E-state index is 0.0334. The Labute approximate surface area is 128 Å². The normalized spacial score (nSPS) is 22.0. The summed E-state index contributed by atoms with van der Waals surface area (Å²) in [5.41, 5.74) is 6.08.